The second kappa shape index (κ2) is 2.85. The maximum Gasteiger partial charge on any atom is 0.0655 e. The summed E-state index contributed by atoms with van der Waals surface area (Å²) in [6.07, 6.45) is 6.49. The molecule has 0 radical (unpaired) electrons. The molecule has 0 heterocycles. The third-order valence-electron chi connectivity index (χ3n) is 6.57. The highest BCUT2D eigenvalue weighted by Crippen LogP contribution is 2.75. The van der Waals surface area contributed by atoms with Crippen molar-refractivity contribution < 1.29 is 5.11 Å². The van der Waals surface area contributed by atoms with Gasteiger partial charge in [0.15, 0.2) is 0 Å². The lowest BCUT2D eigenvalue weighted by molar-refractivity contribution is -0.0497. The van der Waals surface area contributed by atoms with E-state index < -0.39 is 0 Å². The number of hydrogen-bond donors (Lipinski definition) is 1. The largest absolute Gasteiger partial charge is 0.392 e. The molecule has 0 aliphatic heterocycles. The summed E-state index contributed by atoms with van der Waals surface area (Å²) < 4.78 is 0. The average molecular weight is 222 g/mol. The van der Waals surface area contributed by atoms with Gasteiger partial charge in [-0.3, -0.25) is 0 Å². The molecule has 3 rings (SSSR count). The van der Waals surface area contributed by atoms with Gasteiger partial charge in [0.2, 0.25) is 0 Å². The van der Waals surface area contributed by atoms with Crippen molar-refractivity contribution in [2.24, 2.45) is 28.1 Å². The smallest absolute Gasteiger partial charge is 0.0655 e. The van der Waals surface area contributed by atoms with Crippen molar-refractivity contribution >= 4 is 0 Å². The Hall–Kier alpha value is -0.0400. The van der Waals surface area contributed by atoms with E-state index in [4.69, 9.17) is 0 Å². The van der Waals surface area contributed by atoms with E-state index in [0.717, 1.165) is 11.8 Å². The second-order valence-corrected chi connectivity index (χ2v) is 7.83. The van der Waals surface area contributed by atoms with Gasteiger partial charge in [-0.25, -0.2) is 0 Å². The summed E-state index contributed by atoms with van der Waals surface area (Å²) in [5.41, 5.74) is 0.832. The van der Waals surface area contributed by atoms with Gasteiger partial charge >= 0.3 is 0 Å². The predicted octanol–water partition coefficient (Wildman–Crippen LogP) is 3.61. The first-order valence-electron chi connectivity index (χ1n) is 7.02. The first-order chi connectivity index (χ1) is 7.33. The van der Waals surface area contributed by atoms with Crippen LogP contribution in [-0.2, 0) is 0 Å². The highest BCUT2D eigenvalue weighted by atomic mass is 16.3. The topological polar surface area (TPSA) is 20.2 Å². The summed E-state index contributed by atoms with van der Waals surface area (Å²) in [7, 11) is 0. The minimum Gasteiger partial charge on any atom is -0.392 e. The zero-order valence-electron chi connectivity index (χ0n) is 11.2. The molecule has 0 aromatic rings. The lowest BCUT2D eigenvalue weighted by Gasteiger charge is -2.42. The van der Waals surface area contributed by atoms with Gasteiger partial charge in [0.25, 0.3) is 0 Å². The molecule has 0 saturated heterocycles. The fraction of sp³-hybridized carbons (Fsp3) is 1.00. The van der Waals surface area contributed by atoms with E-state index in [1.165, 1.54) is 32.1 Å². The molecule has 0 aromatic heterocycles. The first kappa shape index (κ1) is 11.1. The van der Waals surface area contributed by atoms with E-state index in [-0.39, 0.29) is 16.9 Å². The van der Waals surface area contributed by atoms with Crippen molar-refractivity contribution in [2.75, 3.05) is 0 Å². The molecule has 3 aliphatic carbocycles. The molecule has 92 valence electrons. The SMILES string of the molecule is C[C@@H]1CCC23[C@H](O)C(C)(C)C[C@]2(C)CC[C@@H]13. The predicted molar refractivity (Wildman–Crippen MR) is 66.1 cm³/mol. The number of aliphatic hydroxyl groups excluding tert-OH is 1. The molecule has 0 bridgehead atoms. The van der Waals surface area contributed by atoms with Crippen LogP contribution in [0.25, 0.3) is 0 Å². The Morgan fingerprint density at radius 1 is 1.06 bits per heavy atom. The number of hydrogen-bond acceptors (Lipinski definition) is 1. The fourth-order valence-electron chi connectivity index (χ4n) is 6.08. The van der Waals surface area contributed by atoms with Gasteiger partial charge < -0.3 is 5.11 Å². The molecule has 0 amide bonds. The summed E-state index contributed by atoms with van der Waals surface area (Å²) in [5.74, 6) is 1.64. The van der Waals surface area contributed by atoms with Crippen LogP contribution in [-0.4, -0.2) is 11.2 Å². The molecular weight excluding hydrogens is 196 g/mol. The molecule has 1 nitrogen and oxygen atoms in total. The molecule has 16 heavy (non-hydrogen) atoms. The van der Waals surface area contributed by atoms with Crippen LogP contribution >= 0.6 is 0 Å². The van der Waals surface area contributed by atoms with Gasteiger partial charge in [-0.2, -0.15) is 0 Å². The summed E-state index contributed by atoms with van der Waals surface area (Å²) in [6, 6.07) is 0. The Morgan fingerprint density at radius 3 is 2.44 bits per heavy atom. The van der Waals surface area contributed by atoms with Crippen molar-refractivity contribution in [3.63, 3.8) is 0 Å². The van der Waals surface area contributed by atoms with Gasteiger partial charge in [0.1, 0.15) is 0 Å². The molecule has 1 N–H and O–H groups in total. The maximum absolute atomic E-state index is 10.9. The molecule has 0 aromatic carbocycles. The third-order valence-corrected chi connectivity index (χ3v) is 6.57. The van der Waals surface area contributed by atoms with E-state index in [9.17, 15) is 5.11 Å². The van der Waals surface area contributed by atoms with Gasteiger partial charge in [-0.1, -0.05) is 27.7 Å². The minimum atomic E-state index is -0.0672. The van der Waals surface area contributed by atoms with Crippen molar-refractivity contribution in [3.8, 4) is 0 Å². The van der Waals surface area contributed by atoms with Crippen LogP contribution in [0, 0.1) is 28.1 Å². The van der Waals surface area contributed by atoms with Gasteiger partial charge in [-0.05, 0) is 54.8 Å². The Kier molecular flexibility index (Phi) is 1.98. The third kappa shape index (κ3) is 0.978. The van der Waals surface area contributed by atoms with Crippen LogP contribution in [0.3, 0.4) is 0 Å². The minimum absolute atomic E-state index is 0.0672. The van der Waals surface area contributed by atoms with E-state index in [0.29, 0.717) is 5.41 Å². The Morgan fingerprint density at radius 2 is 1.75 bits per heavy atom. The molecule has 3 saturated carbocycles. The summed E-state index contributed by atoms with van der Waals surface area (Å²) in [6.45, 7) is 9.41. The quantitative estimate of drug-likeness (QED) is 0.664. The van der Waals surface area contributed by atoms with Crippen molar-refractivity contribution in [1.29, 1.82) is 0 Å². The summed E-state index contributed by atoms with van der Waals surface area (Å²) in [5, 5.41) is 10.9. The van der Waals surface area contributed by atoms with E-state index in [2.05, 4.69) is 27.7 Å². The zero-order chi connectivity index (χ0) is 11.8. The standard InChI is InChI=1S/C15H26O/c1-10-5-8-15-11(10)6-7-14(15,4)9-13(2,3)12(15)16/h10-12,16H,5-9H2,1-4H3/t10-,11+,12-,14+,15?/m1/s1. The fourth-order valence-corrected chi connectivity index (χ4v) is 6.08. The van der Waals surface area contributed by atoms with Crippen LogP contribution in [0.1, 0.15) is 59.8 Å². The van der Waals surface area contributed by atoms with E-state index in [1.54, 1.807) is 0 Å². The van der Waals surface area contributed by atoms with Crippen molar-refractivity contribution in [3.05, 3.63) is 0 Å². The van der Waals surface area contributed by atoms with E-state index in [1.807, 2.05) is 0 Å². The van der Waals surface area contributed by atoms with E-state index >= 15 is 0 Å². The highest BCUT2D eigenvalue weighted by molar-refractivity contribution is 5.20. The second-order valence-electron chi connectivity index (χ2n) is 7.83. The zero-order valence-corrected chi connectivity index (χ0v) is 11.2. The number of rotatable bonds is 0. The van der Waals surface area contributed by atoms with Gasteiger partial charge in [0, 0.05) is 5.41 Å². The first-order valence-corrected chi connectivity index (χ1v) is 7.02. The lowest BCUT2D eigenvalue weighted by atomic mass is 9.64. The van der Waals surface area contributed by atoms with Crippen molar-refractivity contribution in [2.45, 2.75) is 65.9 Å². The molecule has 3 aliphatic rings. The normalized spacial score (nSPS) is 58.7. The summed E-state index contributed by atoms with van der Waals surface area (Å²) in [4.78, 5) is 0. The van der Waals surface area contributed by atoms with Crippen LogP contribution in [0.4, 0.5) is 0 Å². The van der Waals surface area contributed by atoms with Crippen LogP contribution in [0.15, 0.2) is 0 Å². The molecule has 3 fully saturated rings. The molecule has 5 atom stereocenters. The Labute approximate surface area is 99.6 Å². The Bertz CT molecular complexity index is 321. The van der Waals surface area contributed by atoms with Crippen LogP contribution in [0.2, 0.25) is 0 Å². The average Bonchev–Trinajstić information content (AvgIpc) is 2.68. The molecule has 1 spiro atoms. The maximum atomic E-state index is 10.9. The van der Waals surface area contributed by atoms with Crippen molar-refractivity contribution in [1.82, 2.24) is 0 Å². The van der Waals surface area contributed by atoms with Gasteiger partial charge in [0.05, 0.1) is 6.10 Å². The number of aliphatic hydroxyl groups is 1. The van der Waals surface area contributed by atoms with Crippen LogP contribution in [0.5, 0.6) is 0 Å². The molecule has 1 unspecified atom stereocenters. The molecule has 1 heteroatoms. The lowest BCUT2D eigenvalue weighted by Crippen LogP contribution is -2.43. The van der Waals surface area contributed by atoms with Crippen LogP contribution < -0.4 is 0 Å². The summed E-state index contributed by atoms with van der Waals surface area (Å²) >= 11 is 0. The molecular formula is C15H26O. The highest BCUT2D eigenvalue weighted by Gasteiger charge is 2.71. The monoisotopic (exact) mass is 222 g/mol. The van der Waals surface area contributed by atoms with Gasteiger partial charge in [-0.15, -0.1) is 0 Å². The Balaban J connectivity index is 2.10.